The van der Waals surface area contributed by atoms with Crippen LogP contribution in [0.1, 0.15) is 23.0 Å². The number of benzene rings is 1. The van der Waals surface area contributed by atoms with Crippen molar-refractivity contribution in [2.75, 3.05) is 0 Å². The summed E-state index contributed by atoms with van der Waals surface area (Å²) in [5.74, 6) is -0.918. The van der Waals surface area contributed by atoms with Crippen LogP contribution >= 0.6 is 15.9 Å². The van der Waals surface area contributed by atoms with Gasteiger partial charge in [-0.25, -0.2) is 0 Å². The molecule has 0 atom stereocenters. The number of pyridine rings is 1. The van der Waals surface area contributed by atoms with Gasteiger partial charge in [-0.1, -0.05) is 30.3 Å². The SMILES string of the molecule is CC(=O)Oc1cc(C(=O)c2ccccc2)[nH]c(=O)c1Br. The molecule has 0 aliphatic carbocycles. The maximum absolute atomic E-state index is 12.2. The van der Waals surface area contributed by atoms with Crippen molar-refractivity contribution >= 4 is 27.7 Å². The van der Waals surface area contributed by atoms with Crippen LogP contribution in [-0.2, 0) is 4.79 Å². The maximum Gasteiger partial charge on any atom is 0.308 e. The first-order valence-corrected chi connectivity index (χ1v) is 6.49. The highest BCUT2D eigenvalue weighted by atomic mass is 79.9. The molecule has 0 saturated heterocycles. The first-order chi connectivity index (χ1) is 9.49. The molecule has 0 spiro atoms. The summed E-state index contributed by atoms with van der Waals surface area (Å²) >= 11 is 3.02. The van der Waals surface area contributed by atoms with Gasteiger partial charge in [-0.2, -0.15) is 0 Å². The second kappa shape index (κ2) is 5.83. The monoisotopic (exact) mass is 335 g/mol. The normalized spacial score (nSPS) is 10.1. The molecule has 1 aromatic carbocycles. The van der Waals surface area contributed by atoms with Crippen LogP contribution in [0.4, 0.5) is 0 Å². The standard InChI is InChI=1S/C14H10BrNO4/c1-8(17)20-11-7-10(16-14(19)12(11)15)13(18)9-5-3-2-4-6-9/h2-7H,1H3,(H,16,19). The van der Waals surface area contributed by atoms with Gasteiger partial charge in [-0.05, 0) is 15.9 Å². The summed E-state index contributed by atoms with van der Waals surface area (Å²) < 4.78 is 4.96. The Balaban J connectivity index is 2.48. The summed E-state index contributed by atoms with van der Waals surface area (Å²) in [4.78, 5) is 37.4. The average molecular weight is 336 g/mol. The quantitative estimate of drug-likeness (QED) is 0.689. The molecule has 102 valence electrons. The zero-order valence-electron chi connectivity index (χ0n) is 10.5. The number of rotatable bonds is 3. The van der Waals surface area contributed by atoms with Gasteiger partial charge in [-0.15, -0.1) is 0 Å². The Morgan fingerprint density at radius 1 is 1.20 bits per heavy atom. The summed E-state index contributed by atoms with van der Waals surface area (Å²) in [7, 11) is 0. The number of esters is 1. The first-order valence-electron chi connectivity index (χ1n) is 5.70. The molecule has 0 aliphatic rings. The minimum atomic E-state index is -0.575. The smallest absolute Gasteiger partial charge is 0.308 e. The third-order valence-corrected chi connectivity index (χ3v) is 3.22. The Bertz CT molecular complexity index is 722. The molecule has 1 N–H and O–H groups in total. The Morgan fingerprint density at radius 3 is 2.45 bits per heavy atom. The van der Waals surface area contributed by atoms with Crippen molar-refractivity contribution in [2.24, 2.45) is 0 Å². The van der Waals surface area contributed by atoms with Gasteiger partial charge in [0.2, 0.25) is 5.78 Å². The fourth-order valence-electron chi connectivity index (χ4n) is 1.62. The van der Waals surface area contributed by atoms with Crippen molar-refractivity contribution in [3.05, 3.63) is 62.5 Å². The van der Waals surface area contributed by atoms with Gasteiger partial charge in [0.25, 0.3) is 5.56 Å². The molecule has 0 bridgehead atoms. The van der Waals surface area contributed by atoms with E-state index >= 15 is 0 Å². The minimum absolute atomic E-state index is 0.0144. The van der Waals surface area contributed by atoms with Crippen molar-refractivity contribution in [2.45, 2.75) is 6.92 Å². The number of carbonyl (C=O) groups is 2. The molecule has 20 heavy (non-hydrogen) atoms. The van der Waals surface area contributed by atoms with Crippen molar-refractivity contribution in [1.82, 2.24) is 4.98 Å². The Hall–Kier alpha value is -2.21. The summed E-state index contributed by atoms with van der Waals surface area (Å²) in [6, 6.07) is 9.81. The van der Waals surface area contributed by atoms with Gasteiger partial charge < -0.3 is 9.72 Å². The van der Waals surface area contributed by atoms with Crippen molar-refractivity contribution in [3.63, 3.8) is 0 Å². The Kier molecular flexibility index (Phi) is 4.14. The zero-order valence-corrected chi connectivity index (χ0v) is 12.1. The number of aromatic nitrogens is 1. The fourth-order valence-corrected chi connectivity index (χ4v) is 1.91. The summed E-state index contributed by atoms with van der Waals surface area (Å²) in [5.41, 5.74) is -0.0528. The van der Waals surface area contributed by atoms with Crippen molar-refractivity contribution in [1.29, 1.82) is 0 Å². The maximum atomic E-state index is 12.2. The van der Waals surface area contributed by atoms with Crippen LogP contribution in [-0.4, -0.2) is 16.7 Å². The summed E-state index contributed by atoms with van der Waals surface area (Å²) in [6.45, 7) is 1.21. The predicted molar refractivity (Wildman–Crippen MR) is 75.9 cm³/mol. The van der Waals surface area contributed by atoms with Gasteiger partial charge in [-0.3, -0.25) is 14.4 Å². The van der Waals surface area contributed by atoms with Gasteiger partial charge in [0, 0.05) is 18.6 Å². The number of hydrogen-bond acceptors (Lipinski definition) is 4. The number of nitrogens with one attached hydrogen (secondary N) is 1. The van der Waals surface area contributed by atoms with E-state index in [1.807, 2.05) is 0 Å². The lowest BCUT2D eigenvalue weighted by molar-refractivity contribution is -0.131. The van der Waals surface area contributed by atoms with E-state index in [1.165, 1.54) is 13.0 Å². The number of halogens is 1. The van der Waals surface area contributed by atoms with E-state index in [9.17, 15) is 14.4 Å². The molecule has 0 fully saturated rings. The number of hydrogen-bond donors (Lipinski definition) is 1. The van der Waals surface area contributed by atoms with Crippen LogP contribution in [0.3, 0.4) is 0 Å². The average Bonchev–Trinajstić information content (AvgIpc) is 2.43. The van der Waals surface area contributed by atoms with E-state index in [2.05, 4.69) is 20.9 Å². The third kappa shape index (κ3) is 3.03. The van der Waals surface area contributed by atoms with Crippen molar-refractivity contribution < 1.29 is 14.3 Å². The second-order valence-electron chi connectivity index (χ2n) is 3.98. The second-order valence-corrected chi connectivity index (χ2v) is 4.77. The molecule has 5 nitrogen and oxygen atoms in total. The van der Waals surface area contributed by atoms with E-state index in [1.54, 1.807) is 30.3 Å². The molecule has 0 radical (unpaired) electrons. The van der Waals surface area contributed by atoms with Gasteiger partial charge in [0.1, 0.15) is 4.47 Å². The van der Waals surface area contributed by atoms with Crippen LogP contribution in [0, 0.1) is 0 Å². The summed E-state index contributed by atoms with van der Waals surface area (Å²) in [5, 5.41) is 0. The lowest BCUT2D eigenvalue weighted by atomic mass is 10.1. The number of ketones is 1. The molecule has 2 aromatic rings. The molecule has 1 aromatic heterocycles. The predicted octanol–water partition coefficient (Wildman–Crippen LogP) is 2.29. The molecular weight excluding hydrogens is 326 g/mol. The number of H-pyrrole nitrogens is 1. The third-order valence-electron chi connectivity index (χ3n) is 2.47. The van der Waals surface area contributed by atoms with Crippen LogP contribution in [0.2, 0.25) is 0 Å². The number of aromatic amines is 1. The van der Waals surface area contributed by atoms with E-state index in [-0.39, 0.29) is 21.7 Å². The first kappa shape index (κ1) is 14.2. The topological polar surface area (TPSA) is 76.2 Å². The van der Waals surface area contributed by atoms with Crippen LogP contribution in [0.5, 0.6) is 5.75 Å². The molecular formula is C14H10BrNO4. The zero-order chi connectivity index (χ0) is 14.7. The largest absolute Gasteiger partial charge is 0.425 e. The molecule has 1 heterocycles. The number of ether oxygens (including phenoxy) is 1. The molecule has 0 amide bonds. The Morgan fingerprint density at radius 2 is 1.85 bits per heavy atom. The van der Waals surface area contributed by atoms with E-state index < -0.39 is 11.5 Å². The van der Waals surface area contributed by atoms with E-state index in [4.69, 9.17) is 4.74 Å². The Labute approximate surface area is 122 Å². The molecule has 6 heteroatoms. The van der Waals surface area contributed by atoms with Crippen LogP contribution in [0.15, 0.2) is 45.7 Å². The van der Waals surface area contributed by atoms with Gasteiger partial charge in [0.05, 0.1) is 5.69 Å². The summed E-state index contributed by atoms with van der Waals surface area (Å²) in [6.07, 6.45) is 0. The van der Waals surface area contributed by atoms with Gasteiger partial charge >= 0.3 is 5.97 Å². The van der Waals surface area contributed by atoms with E-state index in [0.29, 0.717) is 5.56 Å². The van der Waals surface area contributed by atoms with E-state index in [0.717, 1.165) is 0 Å². The van der Waals surface area contributed by atoms with Crippen LogP contribution in [0.25, 0.3) is 0 Å². The fraction of sp³-hybridized carbons (Fsp3) is 0.0714. The van der Waals surface area contributed by atoms with Crippen molar-refractivity contribution in [3.8, 4) is 5.75 Å². The molecule has 0 aliphatic heterocycles. The highest BCUT2D eigenvalue weighted by Gasteiger charge is 2.16. The number of carbonyl (C=O) groups excluding carboxylic acids is 2. The molecule has 2 rings (SSSR count). The van der Waals surface area contributed by atoms with Gasteiger partial charge in [0.15, 0.2) is 5.75 Å². The lowest BCUT2D eigenvalue weighted by Crippen LogP contribution is -2.16. The molecule has 0 unspecified atom stereocenters. The molecule has 0 saturated carbocycles. The van der Waals surface area contributed by atoms with Crippen LogP contribution < -0.4 is 10.3 Å². The highest BCUT2D eigenvalue weighted by molar-refractivity contribution is 9.10. The minimum Gasteiger partial charge on any atom is -0.425 e. The highest BCUT2D eigenvalue weighted by Crippen LogP contribution is 2.22. The lowest BCUT2D eigenvalue weighted by Gasteiger charge is -2.06.